The number of nitrogens with one attached hydrogen (secondary N) is 1. The van der Waals surface area contributed by atoms with Crippen LogP contribution in [0.1, 0.15) is 49.7 Å². The lowest BCUT2D eigenvalue weighted by atomic mass is 9.89. The monoisotopic (exact) mass is 528 g/mol. The van der Waals surface area contributed by atoms with Gasteiger partial charge in [0, 0.05) is 28.7 Å². The number of amides is 2. The van der Waals surface area contributed by atoms with Crippen molar-refractivity contribution in [2.24, 2.45) is 0 Å². The summed E-state index contributed by atoms with van der Waals surface area (Å²) in [5, 5.41) is 3.87. The molecule has 1 N–H and O–H groups in total. The van der Waals surface area contributed by atoms with Crippen molar-refractivity contribution in [3.8, 4) is 0 Å². The largest absolute Gasteiger partial charge is 0.351 e. The number of anilines is 1. The number of benzene rings is 3. The third-order valence-corrected chi connectivity index (χ3v) is 7.57. The minimum atomic E-state index is -1.33. The molecule has 1 atom stereocenters. The van der Waals surface area contributed by atoms with Crippen LogP contribution in [0.5, 0.6) is 0 Å². The molecule has 1 saturated carbocycles. The fourth-order valence-electron chi connectivity index (χ4n) is 5.33. The zero-order chi connectivity index (χ0) is 26.5. The number of hydrogen-bond donors (Lipinski definition) is 1. The van der Waals surface area contributed by atoms with E-state index in [1.807, 2.05) is 60.7 Å². The molecule has 3 aromatic carbocycles. The van der Waals surface area contributed by atoms with Crippen molar-refractivity contribution in [3.63, 3.8) is 0 Å². The van der Waals surface area contributed by atoms with Gasteiger partial charge < -0.3 is 5.32 Å². The lowest BCUT2D eigenvalue weighted by Crippen LogP contribution is -2.57. The highest BCUT2D eigenvalue weighted by atomic mass is 35.5. The first-order valence-electron chi connectivity index (χ1n) is 13.1. The van der Waals surface area contributed by atoms with Crippen LogP contribution in [0.3, 0.4) is 0 Å². The molecule has 3 aromatic rings. The van der Waals surface area contributed by atoms with Crippen LogP contribution in [-0.2, 0) is 9.59 Å². The van der Waals surface area contributed by atoms with Crippen molar-refractivity contribution in [2.45, 2.75) is 50.1 Å². The predicted molar refractivity (Wildman–Crippen MR) is 151 cm³/mol. The number of rotatable bonds is 6. The Hall–Kier alpha value is -3.70. The Morgan fingerprint density at radius 1 is 0.921 bits per heavy atom. The highest BCUT2D eigenvalue weighted by molar-refractivity contribution is 6.30. The second-order valence-corrected chi connectivity index (χ2v) is 10.4. The lowest BCUT2D eigenvalue weighted by molar-refractivity contribution is -0.126. The molecule has 2 aliphatic rings. The van der Waals surface area contributed by atoms with Crippen molar-refractivity contribution in [1.82, 2.24) is 5.32 Å². The van der Waals surface area contributed by atoms with Crippen molar-refractivity contribution in [1.29, 1.82) is 0 Å². The summed E-state index contributed by atoms with van der Waals surface area (Å²) in [6.07, 6.45) is 10.8. The number of hydrogen-bond acceptors (Lipinski definition) is 2. The summed E-state index contributed by atoms with van der Waals surface area (Å²) in [4.78, 5) is 29.7. The summed E-state index contributed by atoms with van der Waals surface area (Å²) < 4.78 is 13.9. The second-order valence-electron chi connectivity index (χ2n) is 9.99. The maximum absolute atomic E-state index is 14.2. The average molecular weight is 529 g/mol. The first-order chi connectivity index (χ1) is 18.4. The molecule has 1 aliphatic heterocycles. The fourth-order valence-corrected chi connectivity index (χ4v) is 5.45. The molecule has 38 heavy (non-hydrogen) atoms. The van der Waals surface area contributed by atoms with E-state index in [0.29, 0.717) is 16.3 Å². The van der Waals surface area contributed by atoms with Crippen molar-refractivity contribution < 1.29 is 14.0 Å². The van der Waals surface area contributed by atoms with Gasteiger partial charge in [0.15, 0.2) is 0 Å². The molecule has 1 unspecified atom stereocenters. The summed E-state index contributed by atoms with van der Waals surface area (Å²) in [7, 11) is 0. The van der Waals surface area contributed by atoms with E-state index in [9.17, 15) is 14.0 Å². The number of carbonyl (C=O) groups is 2. The first-order valence-corrected chi connectivity index (χ1v) is 13.4. The summed E-state index contributed by atoms with van der Waals surface area (Å²) in [5.41, 5.74) is 1.38. The van der Waals surface area contributed by atoms with E-state index >= 15 is 0 Å². The van der Waals surface area contributed by atoms with Gasteiger partial charge in [-0.15, -0.1) is 0 Å². The highest BCUT2D eigenvalue weighted by Gasteiger charge is 2.53. The molecule has 5 rings (SSSR count). The SMILES string of the molecule is O=C1/C(=C/c2ccccc2)CC(C=Cc2ccc(Cl)cc2)(C(=O)NC2CCCCC2)N1c1ccc(F)cc1. The Morgan fingerprint density at radius 2 is 1.61 bits per heavy atom. The predicted octanol–water partition coefficient (Wildman–Crippen LogP) is 7.20. The van der Waals surface area contributed by atoms with Crippen LogP contribution < -0.4 is 10.2 Å². The number of nitrogens with zero attached hydrogens (tertiary/aromatic N) is 1. The van der Waals surface area contributed by atoms with E-state index in [4.69, 9.17) is 11.6 Å². The van der Waals surface area contributed by atoms with Gasteiger partial charge in [-0.2, -0.15) is 0 Å². The van der Waals surface area contributed by atoms with Gasteiger partial charge in [-0.25, -0.2) is 4.39 Å². The number of carbonyl (C=O) groups excluding carboxylic acids is 2. The molecule has 0 bridgehead atoms. The van der Waals surface area contributed by atoms with Gasteiger partial charge in [-0.3, -0.25) is 14.5 Å². The summed E-state index contributed by atoms with van der Waals surface area (Å²) in [5.74, 6) is -0.918. The summed E-state index contributed by atoms with van der Waals surface area (Å²) in [6.45, 7) is 0. The van der Waals surface area contributed by atoms with Crippen molar-refractivity contribution >= 4 is 41.3 Å². The molecule has 4 nitrogen and oxygen atoms in total. The van der Waals surface area contributed by atoms with Crippen LogP contribution in [-0.4, -0.2) is 23.4 Å². The summed E-state index contributed by atoms with van der Waals surface area (Å²) in [6, 6.07) is 22.7. The van der Waals surface area contributed by atoms with E-state index < -0.39 is 11.4 Å². The molecule has 1 aliphatic carbocycles. The van der Waals surface area contributed by atoms with Crippen LogP contribution in [0.4, 0.5) is 10.1 Å². The molecule has 0 spiro atoms. The third-order valence-electron chi connectivity index (χ3n) is 7.32. The molecule has 2 amide bonds. The molecule has 0 radical (unpaired) electrons. The fraction of sp³-hybridized carbons (Fsp3) is 0.250. The Balaban J connectivity index is 1.62. The maximum atomic E-state index is 14.2. The van der Waals surface area contributed by atoms with E-state index in [2.05, 4.69) is 5.32 Å². The Bertz CT molecular complexity index is 1350. The van der Waals surface area contributed by atoms with E-state index in [1.165, 1.54) is 17.0 Å². The minimum Gasteiger partial charge on any atom is -0.351 e. The van der Waals surface area contributed by atoms with Gasteiger partial charge in [0.1, 0.15) is 11.4 Å². The Kier molecular flexibility index (Phi) is 7.75. The Labute approximate surface area is 227 Å². The topological polar surface area (TPSA) is 49.4 Å². The Morgan fingerprint density at radius 3 is 2.29 bits per heavy atom. The van der Waals surface area contributed by atoms with Crippen LogP contribution in [0.25, 0.3) is 12.2 Å². The molecule has 6 heteroatoms. The maximum Gasteiger partial charge on any atom is 0.255 e. The van der Waals surface area contributed by atoms with Gasteiger partial charge in [0.05, 0.1) is 0 Å². The molecular weight excluding hydrogens is 499 g/mol. The van der Waals surface area contributed by atoms with E-state index in [0.717, 1.165) is 43.2 Å². The molecule has 0 aromatic heterocycles. The molecular formula is C32H30ClFN2O2. The third kappa shape index (κ3) is 5.58. The molecule has 1 saturated heterocycles. The molecule has 1 heterocycles. The van der Waals surface area contributed by atoms with Gasteiger partial charge >= 0.3 is 0 Å². The van der Waals surface area contributed by atoms with Gasteiger partial charge in [0.25, 0.3) is 11.8 Å². The lowest BCUT2D eigenvalue weighted by Gasteiger charge is -2.36. The zero-order valence-corrected chi connectivity index (χ0v) is 21.8. The standard InChI is InChI=1S/C32H30ClFN2O2/c33-26-13-11-23(12-14-26)19-20-32(31(38)35-28-9-5-2-6-10-28)22-25(21-24-7-3-1-4-8-24)30(37)36(32)29-17-15-27(34)16-18-29/h1,3-4,7-8,11-21,28H,2,5-6,9-10,22H2,(H,35,38)/b20-19?,25-21+. The number of halogens is 2. The zero-order valence-electron chi connectivity index (χ0n) is 21.1. The first kappa shape index (κ1) is 25.9. The second kappa shape index (κ2) is 11.4. The van der Waals surface area contributed by atoms with E-state index in [-0.39, 0.29) is 24.3 Å². The van der Waals surface area contributed by atoms with Gasteiger partial charge in [-0.1, -0.05) is 79.4 Å². The van der Waals surface area contributed by atoms with Gasteiger partial charge in [-0.05, 0) is 72.5 Å². The van der Waals surface area contributed by atoms with Crippen LogP contribution >= 0.6 is 11.6 Å². The van der Waals surface area contributed by atoms with Crippen LogP contribution in [0.2, 0.25) is 5.02 Å². The van der Waals surface area contributed by atoms with E-state index in [1.54, 1.807) is 24.3 Å². The molecule has 2 fully saturated rings. The highest BCUT2D eigenvalue weighted by Crippen LogP contribution is 2.41. The summed E-state index contributed by atoms with van der Waals surface area (Å²) >= 11 is 6.08. The quantitative estimate of drug-likeness (QED) is 0.344. The van der Waals surface area contributed by atoms with Crippen LogP contribution in [0.15, 0.2) is 90.5 Å². The minimum absolute atomic E-state index is 0.0596. The van der Waals surface area contributed by atoms with Crippen molar-refractivity contribution in [2.75, 3.05) is 4.90 Å². The van der Waals surface area contributed by atoms with Crippen molar-refractivity contribution in [3.05, 3.63) is 112 Å². The van der Waals surface area contributed by atoms with Gasteiger partial charge in [0.2, 0.25) is 0 Å². The average Bonchev–Trinajstić information content (AvgIpc) is 3.22. The molecule has 194 valence electrons. The smallest absolute Gasteiger partial charge is 0.255 e. The van der Waals surface area contributed by atoms with Crippen LogP contribution in [0, 0.1) is 5.82 Å². The normalized spacial score (nSPS) is 21.4.